The molecular weight excluding hydrogens is 198 g/mol. The number of hydrogen-bond acceptors (Lipinski definition) is 2. The molecule has 0 atom stereocenters. The summed E-state index contributed by atoms with van der Waals surface area (Å²) in [5.74, 6) is 0. The van der Waals surface area contributed by atoms with Crippen molar-refractivity contribution in [1.29, 1.82) is 0 Å². The van der Waals surface area contributed by atoms with Gasteiger partial charge in [-0.2, -0.15) is 5.10 Å². The van der Waals surface area contributed by atoms with E-state index in [1.807, 2.05) is 6.07 Å². The molecule has 0 radical (unpaired) electrons. The molecule has 3 nitrogen and oxygen atoms in total. The fraction of sp³-hybridized carbons (Fsp3) is 0.308. The Kier molecular flexibility index (Phi) is 2.46. The molecular formula is C13H15N3. The smallest absolute Gasteiger partial charge is 0.0926 e. The topological polar surface area (TPSA) is 29.9 Å². The standard InChI is InChI=1S/C13H15N3/c1-2-4-11(5-3-1)13-10-12-6-7-14-8-9-16(12)15-13/h1-5,10,14H,6-9H2. The van der Waals surface area contributed by atoms with E-state index in [4.69, 9.17) is 0 Å². The molecule has 1 aromatic heterocycles. The molecule has 0 saturated carbocycles. The highest BCUT2D eigenvalue weighted by Crippen LogP contribution is 2.19. The number of rotatable bonds is 1. The molecule has 0 aliphatic carbocycles. The van der Waals surface area contributed by atoms with Crippen LogP contribution >= 0.6 is 0 Å². The Labute approximate surface area is 95.1 Å². The summed E-state index contributed by atoms with van der Waals surface area (Å²) < 4.78 is 2.13. The van der Waals surface area contributed by atoms with Crippen LogP contribution in [0.3, 0.4) is 0 Å². The van der Waals surface area contributed by atoms with Gasteiger partial charge in [-0.3, -0.25) is 4.68 Å². The van der Waals surface area contributed by atoms with Crippen LogP contribution in [0.15, 0.2) is 36.4 Å². The number of nitrogens with zero attached hydrogens (tertiary/aromatic N) is 2. The molecule has 1 N–H and O–H groups in total. The molecule has 0 amide bonds. The van der Waals surface area contributed by atoms with E-state index in [0.29, 0.717) is 0 Å². The highest BCUT2D eigenvalue weighted by Gasteiger charge is 2.11. The van der Waals surface area contributed by atoms with Crippen molar-refractivity contribution < 1.29 is 0 Å². The Hall–Kier alpha value is -1.61. The maximum atomic E-state index is 4.66. The third kappa shape index (κ3) is 1.74. The quantitative estimate of drug-likeness (QED) is 0.781. The van der Waals surface area contributed by atoms with Crippen LogP contribution in [0.2, 0.25) is 0 Å². The second kappa shape index (κ2) is 4.10. The Morgan fingerprint density at radius 3 is 2.88 bits per heavy atom. The van der Waals surface area contributed by atoms with Crippen molar-refractivity contribution in [2.24, 2.45) is 0 Å². The molecule has 82 valence electrons. The average molecular weight is 213 g/mol. The van der Waals surface area contributed by atoms with Gasteiger partial charge in [-0.15, -0.1) is 0 Å². The van der Waals surface area contributed by atoms with Crippen LogP contribution in [0.1, 0.15) is 5.69 Å². The van der Waals surface area contributed by atoms with E-state index in [0.717, 1.165) is 31.7 Å². The normalized spacial score (nSPS) is 15.5. The lowest BCUT2D eigenvalue weighted by Crippen LogP contribution is -2.17. The zero-order valence-corrected chi connectivity index (χ0v) is 9.19. The Balaban J connectivity index is 1.98. The van der Waals surface area contributed by atoms with Crippen molar-refractivity contribution in [2.45, 2.75) is 13.0 Å². The molecule has 16 heavy (non-hydrogen) atoms. The number of nitrogens with one attached hydrogen (secondary N) is 1. The number of hydrogen-bond donors (Lipinski definition) is 1. The van der Waals surface area contributed by atoms with Gasteiger partial charge in [0, 0.05) is 30.8 Å². The lowest BCUT2D eigenvalue weighted by molar-refractivity contribution is 0.591. The first-order valence-electron chi connectivity index (χ1n) is 5.76. The SMILES string of the molecule is c1ccc(-c2cc3n(n2)CCNCC3)cc1. The summed E-state index contributed by atoms with van der Waals surface area (Å²) in [6, 6.07) is 12.6. The van der Waals surface area contributed by atoms with Crippen molar-refractivity contribution in [3.63, 3.8) is 0 Å². The van der Waals surface area contributed by atoms with Crippen LogP contribution < -0.4 is 5.32 Å². The van der Waals surface area contributed by atoms with Crippen molar-refractivity contribution in [1.82, 2.24) is 15.1 Å². The van der Waals surface area contributed by atoms with Gasteiger partial charge in [0.1, 0.15) is 0 Å². The molecule has 1 aliphatic rings. The third-order valence-electron chi connectivity index (χ3n) is 2.99. The van der Waals surface area contributed by atoms with Gasteiger partial charge in [-0.05, 0) is 6.07 Å². The second-order valence-electron chi connectivity index (χ2n) is 4.11. The molecule has 2 aromatic rings. The summed E-state index contributed by atoms with van der Waals surface area (Å²) in [4.78, 5) is 0. The predicted octanol–water partition coefficient (Wildman–Crippen LogP) is 1.70. The molecule has 3 rings (SSSR count). The fourth-order valence-corrected chi connectivity index (χ4v) is 2.13. The number of aromatic nitrogens is 2. The first-order chi connectivity index (χ1) is 7.93. The van der Waals surface area contributed by atoms with Gasteiger partial charge in [0.2, 0.25) is 0 Å². The van der Waals surface area contributed by atoms with Crippen LogP contribution in [0.5, 0.6) is 0 Å². The average Bonchev–Trinajstić information content (AvgIpc) is 2.62. The van der Waals surface area contributed by atoms with Crippen LogP contribution in [0.25, 0.3) is 11.3 Å². The van der Waals surface area contributed by atoms with Crippen LogP contribution in [0.4, 0.5) is 0 Å². The number of fused-ring (bicyclic) bond motifs is 1. The van der Waals surface area contributed by atoms with Gasteiger partial charge < -0.3 is 5.32 Å². The molecule has 2 heterocycles. The van der Waals surface area contributed by atoms with Crippen LogP contribution in [-0.4, -0.2) is 22.9 Å². The van der Waals surface area contributed by atoms with E-state index in [2.05, 4.69) is 45.4 Å². The van der Waals surface area contributed by atoms with Crippen LogP contribution in [-0.2, 0) is 13.0 Å². The van der Waals surface area contributed by atoms with Gasteiger partial charge >= 0.3 is 0 Å². The molecule has 0 bridgehead atoms. The summed E-state index contributed by atoms with van der Waals surface area (Å²) in [5.41, 5.74) is 3.64. The summed E-state index contributed by atoms with van der Waals surface area (Å²) in [6.45, 7) is 3.05. The maximum Gasteiger partial charge on any atom is 0.0926 e. The monoisotopic (exact) mass is 213 g/mol. The van der Waals surface area contributed by atoms with Gasteiger partial charge in [-0.1, -0.05) is 30.3 Å². The molecule has 3 heteroatoms. The minimum absolute atomic E-state index is 0.974. The largest absolute Gasteiger partial charge is 0.315 e. The molecule has 0 spiro atoms. The molecule has 1 aliphatic heterocycles. The second-order valence-corrected chi connectivity index (χ2v) is 4.11. The predicted molar refractivity (Wildman–Crippen MR) is 64.2 cm³/mol. The third-order valence-corrected chi connectivity index (χ3v) is 2.99. The van der Waals surface area contributed by atoms with E-state index in [9.17, 15) is 0 Å². The van der Waals surface area contributed by atoms with E-state index in [1.54, 1.807) is 0 Å². The highest BCUT2D eigenvalue weighted by atomic mass is 15.3. The molecule has 0 saturated heterocycles. The zero-order valence-electron chi connectivity index (χ0n) is 9.19. The van der Waals surface area contributed by atoms with Crippen molar-refractivity contribution in [2.75, 3.05) is 13.1 Å². The highest BCUT2D eigenvalue weighted by molar-refractivity contribution is 5.59. The van der Waals surface area contributed by atoms with E-state index in [-0.39, 0.29) is 0 Å². The minimum atomic E-state index is 0.974. The Morgan fingerprint density at radius 1 is 1.12 bits per heavy atom. The minimum Gasteiger partial charge on any atom is -0.315 e. The zero-order chi connectivity index (χ0) is 10.8. The lowest BCUT2D eigenvalue weighted by atomic mass is 10.1. The van der Waals surface area contributed by atoms with Crippen molar-refractivity contribution in [3.8, 4) is 11.3 Å². The van der Waals surface area contributed by atoms with Gasteiger partial charge in [0.25, 0.3) is 0 Å². The Morgan fingerprint density at radius 2 is 2.00 bits per heavy atom. The maximum absolute atomic E-state index is 4.66. The lowest BCUT2D eigenvalue weighted by Gasteiger charge is -1.99. The van der Waals surface area contributed by atoms with E-state index >= 15 is 0 Å². The van der Waals surface area contributed by atoms with Crippen LogP contribution in [0, 0.1) is 0 Å². The summed E-state index contributed by atoms with van der Waals surface area (Å²) in [7, 11) is 0. The molecule has 1 aromatic carbocycles. The summed E-state index contributed by atoms with van der Waals surface area (Å²) >= 11 is 0. The van der Waals surface area contributed by atoms with Gasteiger partial charge in [-0.25, -0.2) is 0 Å². The fourth-order valence-electron chi connectivity index (χ4n) is 2.13. The first-order valence-corrected chi connectivity index (χ1v) is 5.76. The van der Waals surface area contributed by atoms with Crippen molar-refractivity contribution >= 4 is 0 Å². The van der Waals surface area contributed by atoms with E-state index in [1.165, 1.54) is 11.3 Å². The van der Waals surface area contributed by atoms with E-state index < -0.39 is 0 Å². The molecule has 0 fully saturated rings. The van der Waals surface area contributed by atoms with Gasteiger partial charge in [0.15, 0.2) is 0 Å². The summed E-state index contributed by atoms with van der Waals surface area (Å²) in [6.07, 6.45) is 1.07. The molecule has 0 unspecified atom stereocenters. The Bertz CT molecular complexity index is 450. The first kappa shape index (κ1) is 9.60. The summed E-state index contributed by atoms with van der Waals surface area (Å²) in [5, 5.41) is 8.04. The number of benzene rings is 1. The van der Waals surface area contributed by atoms with Gasteiger partial charge in [0.05, 0.1) is 12.2 Å². The van der Waals surface area contributed by atoms with Crippen molar-refractivity contribution in [3.05, 3.63) is 42.1 Å².